The highest BCUT2D eigenvalue weighted by Gasteiger charge is 2.22. The molecule has 0 amide bonds. The molecule has 1 rings (SSSR count). The second-order valence-electron chi connectivity index (χ2n) is 3.47. The van der Waals surface area contributed by atoms with E-state index in [0.717, 1.165) is 18.6 Å². The topological polar surface area (TPSA) is 29.5 Å². The van der Waals surface area contributed by atoms with E-state index in [-0.39, 0.29) is 0 Å². The van der Waals surface area contributed by atoms with Gasteiger partial charge < -0.3 is 9.22 Å². The van der Waals surface area contributed by atoms with Gasteiger partial charge in [-0.25, -0.2) is 0 Å². The molecule has 0 saturated heterocycles. The Morgan fingerprint density at radius 2 is 2.18 bits per heavy atom. The van der Waals surface area contributed by atoms with Gasteiger partial charge in [-0.1, -0.05) is 0 Å². The fourth-order valence-electron chi connectivity index (χ4n) is 1.22. The lowest BCUT2D eigenvalue weighted by Gasteiger charge is -2.21. The van der Waals surface area contributed by atoms with Gasteiger partial charge >= 0.3 is 8.56 Å². The monoisotopic (exact) mass is 172 g/mol. The van der Waals surface area contributed by atoms with E-state index >= 15 is 0 Å². The van der Waals surface area contributed by atoms with Gasteiger partial charge in [0.05, 0.1) is 5.76 Å². The van der Waals surface area contributed by atoms with Crippen LogP contribution in [0, 0.1) is 0 Å². The number of allylic oxidation sites excluding steroid dienone is 2. The molecule has 0 saturated carbocycles. The molecule has 0 aromatic rings. The van der Waals surface area contributed by atoms with E-state index in [1.165, 1.54) is 12.8 Å². The van der Waals surface area contributed by atoms with Crippen LogP contribution in [0.15, 0.2) is 11.8 Å². The third kappa shape index (κ3) is 3.58. The predicted octanol–water partition coefficient (Wildman–Crippen LogP) is 2.16. The van der Waals surface area contributed by atoms with Crippen LogP contribution in [0.3, 0.4) is 0 Å². The van der Waals surface area contributed by atoms with Crippen molar-refractivity contribution in [3.8, 4) is 0 Å². The second-order valence-corrected chi connectivity index (χ2v) is 6.56. The first-order valence-electron chi connectivity index (χ1n) is 4.18. The molecule has 0 atom stereocenters. The van der Waals surface area contributed by atoms with Crippen molar-refractivity contribution in [2.24, 2.45) is 0 Å². The van der Waals surface area contributed by atoms with Crippen LogP contribution < -0.4 is 0 Å². The Labute approximate surface area is 69.1 Å². The first-order valence-corrected chi connectivity index (χ1v) is 7.04. The van der Waals surface area contributed by atoms with Crippen LogP contribution in [-0.2, 0) is 4.43 Å². The van der Waals surface area contributed by atoms with Crippen molar-refractivity contribution in [1.82, 2.24) is 0 Å². The van der Waals surface area contributed by atoms with Crippen LogP contribution in [-0.4, -0.2) is 13.4 Å². The van der Waals surface area contributed by atoms with Gasteiger partial charge in [0.2, 0.25) is 0 Å². The maximum absolute atomic E-state index is 9.45. The minimum absolute atomic E-state index is 1.01. The third-order valence-electron chi connectivity index (χ3n) is 1.63. The summed E-state index contributed by atoms with van der Waals surface area (Å²) in [5.41, 5.74) is 0. The van der Waals surface area contributed by atoms with Crippen molar-refractivity contribution in [2.75, 3.05) is 0 Å². The molecule has 0 fully saturated rings. The van der Waals surface area contributed by atoms with E-state index < -0.39 is 8.56 Å². The summed E-state index contributed by atoms with van der Waals surface area (Å²) in [6, 6.07) is 0. The summed E-state index contributed by atoms with van der Waals surface area (Å²) >= 11 is 0. The van der Waals surface area contributed by atoms with Crippen LogP contribution in [0.2, 0.25) is 13.1 Å². The van der Waals surface area contributed by atoms with Crippen molar-refractivity contribution in [3.05, 3.63) is 11.8 Å². The molecule has 0 aromatic heterocycles. The van der Waals surface area contributed by atoms with E-state index in [9.17, 15) is 4.80 Å². The Bertz CT molecular complexity index is 158. The van der Waals surface area contributed by atoms with Crippen LogP contribution in [0.5, 0.6) is 0 Å². The van der Waals surface area contributed by atoms with Gasteiger partial charge in [0.25, 0.3) is 0 Å². The summed E-state index contributed by atoms with van der Waals surface area (Å²) < 4.78 is 5.43. The Kier molecular flexibility index (Phi) is 2.73. The summed E-state index contributed by atoms with van der Waals surface area (Å²) in [6.07, 6.45) is 6.70. The highest BCUT2D eigenvalue weighted by atomic mass is 28.4. The molecule has 1 aliphatic rings. The average molecular weight is 172 g/mol. The molecule has 2 nitrogen and oxygen atoms in total. The van der Waals surface area contributed by atoms with Crippen molar-refractivity contribution >= 4 is 8.56 Å². The quantitative estimate of drug-likeness (QED) is 0.647. The molecule has 1 aliphatic carbocycles. The van der Waals surface area contributed by atoms with Crippen LogP contribution in [0.4, 0.5) is 0 Å². The Morgan fingerprint density at radius 3 is 2.64 bits per heavy atom. The standard InChI is InChI=1S/C8H16O2Si/c1-11(2,9)10-8-6-4-3-5-7-8/h6,9H,3-5,7H2,1-2H3. The molecule has 1 N–H and O–H groups in total. The summed E-state index contributed by atoms with van der Waals surface area (Å²) in [4.78, 5) is 9.45. The highest BCUT2D eigenvalue weighted by Crippen LogP contribution is 2.20. The summed E-state index contributed by atoms with van der Waals surface area (Å²) in [5, 5.41) is 0. The summed E-state index contributed by atoms with van der Waals surface area (Å²) in [6.45, 7) is 3.59. The van der Waals surface area contributed by atoms with Gasteiger partial charge in [0.1, 0.15) is 0 Å². The molecule has 64 valence electrons. The van der Waals surface area contributed by atoms with E-state index in [1.54, 1.807) is 13.1 Å². The van der Waals surface area contributed by atoms with Crippen LogP contribution in [0.25, 0.3) is 0 Å². The zero-order valence-electron chi connectivity index (χ0n) is 7.26. The lowest BCUT2D eigenvalue weighted by molar-refractivity contribution is 0.295. The van der Waals surface area contributed by atoms with Crippen LogP contribution >= 0.6 is 0 Å². The maximum Gasteiger partial charge on any atom is 0.389 e. The van der Waals surface area contributed by atoms with E-state index in [1.807, 2.05) is 0 Å². The molecular formula is C8H16O2Si. The van der Waals surface area contributed by atoms with Gasteiger partial charge in [0, 0.05) is 6.42 Å². The first kappa shape index (κ1) is 8.81. The van der Waals surface area contributed by atoms with Crippen molar-refractivity contribution in [1.29, 1.82) is 0 Å². The highest BCUT2D eigenvalue weighted by molar-refractivity contribution is 6.63. The maximum atomic E-state index is 9.45. The molecule has 0 heterocycles. The van der Waals surface area contributed by atoms with E-state index in [0.29, 0.717) is 0 Å². The fraction of sp³-hybridized carbons (Fsp3) is 0.750. The third-order valence-corrected chi connectivity index (χ3v) is 2.39. The van der Waals surface area contributed by atoms with Gasteiger partial charge in [0.15, 0.2) is 0 Å². The van der Waals surface area contributed by atoms with E-state index in [4.69, 9.17) is 4.43 Å². The smallest absolute Gasteiger partial charge is 0.389 e. The predicted molar refractivity (Wildman–Crippen MR) is 47.3 cm³/mol. The van der Waals surface area contributed by atoms with E-state index in [2.05, 4.69) is 6.08 Å². The zero-order chi connectivity index (χ0) is 8.32. The molecule has 0 aromatic carbocycles. The van der Waals surface area contributed by atoms with Gasteiger partial charge in [-0.05, 0) is 38.4 Å². The van der Waals surface area contributed by atoms with Gasteiger partial charge in [-0.15, -0.1) is 0 Å². The SMILES string of the molecule is C[Si](C)(O)OC1=CCCCC1. The minimum Gasteiger partial charge on any atom is -0.524 e. The molecule has 11 heavy (non-hydrogen) atoms. The van der Waals surface area contributed by atoms with Crippen molar-refractivity contribution in [3.63, 3.8) is 0 Å². The molecule has 0 unspecified atom stereocenters. The second kappa shape index (κ2) is 3.41. The number of hydrogen-bond acceptors (Lipinski definition) is 2. The Balaban J connectivity index is 2.42. The molecular weight excluding hydrogens is 156 g/mol. The van der Waals surface area contributed by atoms with Crippen LogP contribution in [0.1, 0.15) is 25.7 Å². The van der Waals surface area contributed by atoms with Gasteiger partial charge in [-0.2, -0.15) is 0 Å². The molecule has 0 radical (unpaired) electrons. The Morgan fingerprint density at radius 1 is 1.45 bits per heavy atom. The first-order chi connectivity index (χ1) is 5.08. The largest absolute Gasteiger partial charge is 0.524 e. The summed E-state index contributed by atoms with van der Waals surface area (Å²) in [7, 11) is -2.31. The number of rotatable bonds is 2. The summed E-state index contributed by atoms with van der Waals surface area (Å²) in [5.74, 6) is 1.01. The molecule has 3 heteroatoms. The average Bonchev–Trinajstić information content (AvgIpc) is 1.85. The molecule has 0 bridgehead atoms. The van der Waals surface area contributed by atoms with Gasteiger partial charge in [-0.3, -0.25) is 0 Å². The molecule has 0 aliphatic heterocycles. The zero-order valence-corrected chi connectivity index (χ0v) is 8.26. The van der Waals surface area contributed by atoms with Crippen molar-refractivity contribution < 1.29 is 9.22 Å². The van der Waals surface area contributed by atoms with Crippen molar-refractivity contribution in [2.45, 2.75) is 38.8 Å². The normalized spacial score (nSPS) is 19.4. The minimum atomic E-state index is -2.31. The lowest BCUT2D eigenvalue weighted by atomic mass is 10.1. The number of hydrogen-bond donors (Lipinski definition) is 1. The fourth-order valence-corrected chi connectivity index (χ4v) is 2.05. The lowest BCUT2D eigenvalue weighted by Crippen LogP contribution is -2.29. The molecule has 0 spiro atoms. The Hall–Kier alpha value is -0.283.